The largest absolute Gasteiger partial charge is 0.363 e. The van der Waals surface area contributed by atoms with Crippen LogP contribution in [0.15, 0.2) is 29.6 Å². The second-order valence-electron chi connectivity index (χ2n) is 6.71. The van der Waals surface area contributed by atoms with E-state index in [-0.39, 0.29) is 12.1 Å². The predicted octanol–water partition coefficient (Wildman–Crippen LogP) is 3.80. The van der Waals surface area contributed by atoms with Crippen LogP contribution in [0.2, 0.25) is 0 Å². The number of thiophene rings is 1. The molecule has 1 aromatic carbocycles. The fourth-order valence-corrected chi connectivity index (χ4v) is 4.32. The van der Waals surface area contributed by atoms with Crippen LogP contribution in [0, 0.1) is 0 Å². The minimum absolute atomic E-state index is 0.189. The lowest BCUT2D eigenvalue weighted by molar-refractivity contribution is -0.122. The molecule has 0 fully saturated rings. The van der Waals surface area contributed by atoms with Crippen molar-refractivity contribution in [1.82, 2.24) is 0 Å². The molecule has 0 saturated carbocycles. The Balaban J connectivity index is 1.66. The molecule has 0 saturated heterocycles. The van der Waals surface area contributed by atoms with Crippen molar-refractivity contribution < 1.29 is 4.79 Å². The lowest BCUT2D eigenvalue weighted by Gasteiger charge is -2.18. The SMILES string of the molecule is CCN1C(=O)C(C)(C)c2cc3c(cc21)NC(Cc1cccs1)N3. The van der Waals surface area contributed by atoms with Crippen molar-refractivity contribution in [3.05, 3.63) is 40.1 Å². The Morgan fingerprint density at radius 3 is 2.65 bits per heavy atom. The van der Waals surface area contributed by atoms with Gasteiger partial charge >= 0.3 is 0 Å². The second kappa shape index (κ2) is 4.99. The Morgan fingerprint density at radius 1 is 1.26 bits per heavy atom. The summed E-state index contributed by atoms with van der Waals surface area (Å²) < 4.78 is 0. The third-order valence-corrected chi connectivity index (χ3v) is 5.74. The summed E-state index contributed by atoms with van der Waals surface area (Å²) in [7, 11) is 0. The highest BCUT2D eigenvalue weighted by Gasteiger charge is 2.44. The maximum Gasteiger partial charge on any atom is 0.237 e. The summed E-state index contributed by atoms with van der Waals surface area (Å²) in [5, 5.41) is 9.21. The normalized spacial score (nSPS) is 20.9. The lowest BCUT2D eigenvalue weighted by Crippen LogP contribution is -2.35. The monoisotopic (exact) mass is 327 g/mol. The third kappa shape index (κ3) is 2.14. The van der Waals surface area contributed by atoms with E-state index in [2.05, 4.69) is 40.3 Å². The predicted molar refractivity (Wildman–Crippen MR) is 96.6 cm³/mol. The van der Waals surface area contributed by atoms with Gasteiger partial charge in [0.05, 0.1) is 22.5 Å². The van der Waals surface area contributed by atoms with Crippen LogP contribution in [0.1, 0.15) is 31.2 Å². The van der Waals surface area contributed by atoms with E-state index in [4.69, 9.17) is 0 Å². The zero-order valence-corrected chi connectivity index (χ0v) is 14.5. The van der Waals surface area contributed by atoms with Gasteiger partial charge in [0.2, 0.25) is 5.91 Å². The topological polar surface area (TPSA) is 44.4 Å². The van der Waals surface area contributed by atoms with Gasteiger partial charge < -0.3 is 15.5 Å². The van der Waals surface area contributed by atoms with Crippen LogP contribution in [0.5, 0.6) is 0 Å². The average Bonchev–Trinajstić information content (AvgIpc) is 3.19. The summed E-state index contributed by atoms with van der Waals surface area (Å²) in [5.74, 6) is 0.189. The molecule has 4 nitrogen and oxygen atoms in total. The van der Waals surface area contributed by atoms with E-state index in [0.29, 0.717) is 6.54 Å². The van der Waals surface area contributed by atoms with Crippen LogP contribution in [0.25, 0.3) is 0 Å². The second-order valence-corrected chi connectivity index (χ2v) is 7.75. The van der Waals surface area contributed by atoms with Gasteiger partial charge in [-0.15, -0.1) is 11.3 Å². The Bertz CT molecular complexity index is 767. The van der Waals surface area contributed by atoms with Gasteiger partial charge in [-0.2, -0.15) is 0 Å². The van der Waals surface area contributed by atoms with Crippen LogP contribution >= 0.6 is 11.3 Å². The number of amides is 1. The molecule has 2 aliphatic rings. The van der Waals surface area contributed by atoms with Gasteiger partial charge in [-0.1, -0.05) is 6.07 Å². The number of hydrogen-bond donors (Lipinski definition) is 2. The summed E-state index contributed by atoms with van der Waals surface area (Å²) >= 11 is 1.78. The number of benzene rings is 1. The highest BCUT2D eigenvalue weighted by Crippen LogP contribution is 2.46. The van der Waals surface area contributed by atoms with Gasteiger partial charge in [0.15, 0.2) is 0 Å². The van der Waals surface area contributed by atoms with Crippen molar-refractivity contribution in [2.24, 2.45) is 0 Å². The lowest BCUT2D eigenvalue weighted by atomic mass is 9.86. The molecule has 1 unspecified atom stereocenters. The van der Waals surface area contributed by atoms with Crippen LogP contribution in [0.3, 0.4) is 0 Å². The maximum absolute atomic E-state index is 12.6. The molecule has 1 amide bonds. The van der Waals surface area contributed by atoms with Crippen molar-refractivity contribution in [3.63, 3.8) is 0 Å². The minimum atomic E-state index is -0.451. The molecule has 4 rings (SSSR count). The minimum Gasteiger partial charge on any atom is -0.363 e. The highest BCUT2D eigenvalue weighted by molar-refractivity contribution is 7.09. The molecule has 0 spiro atoms. The summed E-state index contributed by atoms with van der Waals surface area (Å²) in [5.41, 5.74) is 3.91. The first kappa shape index (κ1) is 14.6. The Kier molecular flexibility index (Phi) is 3.17. The zero-order valence-electron chi connectivity index (χ0n) is 13.6. The number of carbonyl (C=O) groups excluding carboxylic acids is 1. The number of anilines is 3. The molecule has 1 aromatic heterocycles. The van der Waals surface area contributed by atoms with Crippen LogP contribution in [0.4, 0.5) is 17.1 Å². The number of hydrogen-bond acceptors (Lipinski definition) is 4. The Morgan fingerprint density at radius 2 is 2.00 bits per heavy atom. The van der Waals surface area contributed by atoms with E-state index < -0.39 is 5.41 Å². The summed E-state index contributed by atoms with van der Waals surface area (Å²) in [6.07, 6.45) is 1.16. The highest BCUT2D eigenvalue weighted by atomic mass is 32.1. The number of likely N-dealkylation sites (N-methyl/N-ethyl adjacent to an activating group) is 1. The first-order chi connectivity index (χ1) is 11.0. The molecule has 2 aliphatic heterocycles. The zero-order chi connectivity index (χ0) is 16.2. The van der Waals surface area contributed by atoms with Gasteiger partial charge in [-0.05, 0) is 49.9 Å². The summed E-state index contributed by atoms with van der Waals surface area (Å²) in [6.45, 7) is 6.77. The van der Waals surface area contributed by atoms with Gasteiger partial charge in [0.25, 0.3) is 0 Å². The number of nitrogens with one attached hydrogen (secondary N) is 2. The van der Waals surface area contributed by atoms with Crippen molar-refractivity contribution in [3.8, 4) is 0 Å². The summed E-state index contributed by atoms with van der Waals surface area (Å²) in [6, 6.07) is 8.53. The molecule has 120 valence electrons. The van der Waals surface area contributed by atoms with Gasteiger partial charge in [0.1, 0.15) is 6.17 Å². The van der Waals surface area contributed by atoms with Gasteiger partial charge in [-0.25, -0.2) is 0 Å². The third-order valence-electron chi connectivity index (χ3n) is 4.84. The van der Waals surface area contributed by atoms with E-state index in [0.717, 1.165) is 29.0 Å². The quantitative estimate of drug-likeness (QED) is 0.901. The smallest absolute Gasteiger partial charge is 0.237 e. The molecular weight excluding hydrogens is 306 g/mol. The van der Waals surface area contributed by atoms with E-state index in [1.54, 1.807) is 11.3 Å². The van der Waals surface area contributed by atoms with Crippen molar-refractivity contribution in [1.29, 1.82) is 0 Å². The van der Waals surface area contributed by atoms with Crippen molar-refractivity contribution >= 4 is 34.3 Å². The Hall–Kier alpha value is -2.01. The Labute approximate surface area is 140 Å². The van der Waals surface area contributed by atoms with E-state index in [1.165, 1.54) is 4.88 Å². The van der Waals surface area contributed by atoms with Crippen molar-refractivity contribution in [2.75, 3.05) is 22.1 Å². The number of rotatable bonds is 3. The van der Waals surface area contributed by atoms with Gasteiger partial charge in [-0.3, -0.25) is 4.79 Å². The standard InChI is InChI=1S/C18H21N3OS/c1-4-21-15-10-14-13(9-12(15)18(2,3)17(21)22)19-16(20-14)8-11-6-5-7-23-11/h5-7,9-10,16,19-20H,4,8H2,1-3H3. The first-order valence-corrected chi connectivity index (χ1v) is 8.94. The average molecular weight is 327 g/mol. The van der Waals surface area contributed by atoms with Crippen LogP contribution < -0.4 is 15.5 Å². The fourth-order valence-electron chi connectivity index (χ4n) is 3.57. The summed E-state index contributed by atoms with van der Waals surface area (Å²) in [4.78, 5) is 15.9. The molecule has 0 bridgehead atoms. The molecule has 0 radical (unpaired) electrons. The molecule has 5 heteroatoms. The maximum atomic E-state index is 12.6. The number of fused-ring (bicyclic) bond motifs is 2. The number of nitrogens with zero attached hydrogens (tertiary/aromatic N) is 1. The molecule has 1 atom stereocenters. The van der Waals surface area contributed by atoms with Crippen molar-refractivity contribution in [2.45, 2.75) is 38.8 Å². The molecular formula is C18H21N3OS. The van der Waals surface area contributed by atoms with Crippen LogP contribution in [-0.2, 0) is 16.6 Å². The molecule has 2 aromatic rings. The number of carbonyl (C=O) groups is 1. The molecule has 0 aliphatic carbocycles. The molecule has 23 heavy (non-hydrogen) atoms. The van der Waals surface area contributed by atoms with E-state index in [1.807, 2.05) is 25.7 Å². The van der Waals surface area contributed by atoms with E-state index >= 15 is 0 Å². The fraction of sp³-hybridized carbons (Fsp3) is 0.389. The molecule has 2 N–H and O–H groups in total. The van der Waals surface area contributed by atoms with E-state index in [9.17, 15) is 4.79 Å². The molecule has 3 heterocycles. The first-order valence-electron chi connectivity index (χ1n) is 8.06. The van der Waals surface area contributed by atoms with Crippen LogP contribution in [-0.4, -0.2) is 18.6 Å². The van der Waals surface area contributed by atoms with Gasteiger partial charge in [0, 0.05) is 17.8 Å².